The van der Waals surface area contributed by atoms with Gasteiger partial charge in [-0.2, -0.15) is 14.6 Å². The third kappa shape index (κ3) is 1.66. The van der Waals surface area contributed by atoms with E-state index < -0.39 is 0 Å². The van der Waals surface area contributed by atoms with Gasteiger partial charge in [-0.1, -0.05) is 24.3 Å². The number of ketones is 1. The Balaban J connectivity index is 2.14. The van der Waals surface area contributed by atoms with E-state index in [2.05, 4.69) is 15.1 Å². The van der Waals surface area contributed by atoms with Gasteiger partial charge in [-0.3, -0.25) is 4.79 Å². The maximum Gasteiger partial charge on any atom is 0.252 e. The van der Waals surface area contributed by atoms with Crippen LogP contribution in [0.25, 0.3) is 17.0 Å². The minimum atomic E-state index is 0.0576. The van der Waals surface area contributed by atoms with Crippen molar-refractivity contribution in [3.8, 4) is 11.3 Å². The lowest BCUT2D eigenvalue weighted by Gasteiger charge is -2.04. The molecule has 0 N–H and O–H groups in total. The van der Waals surface area contributed by atoms with Crippen LogP contribution in [-0.4, -0.2) is 25.4 Å². The first-order chi connectivity index (χ1) is 8.75. The second-order valence-corrected chi connectivity index (χ2v) is 3.94. The van der Waals surface area contributed by atoms with Gasteiger partial charge < -0.3 is 0 Å². The van der Waals surface area contributed by atoms with Gasteiger partial charge in [0.1, 0.15) is 6.33 Å². The second-order valence-electron chi connectivity index (χ2n) is 3.94. The van der Waals surface area contributed by atoms with E-state index in [4.69, 9.17) is 0 Å². The summed E-state index contributed by atoms with van der Waals surface area (Å²) in [5.74, 6) is 0.616. The van der Waals surface area contributed by atoms with Crippen molar-refractivity contribution in [3.63, 3.8) is 0 Å². The molecule has 0 saturated carbocycles. The summed E-state index contributed by atoms with van der Waals surface area (Å²) >= 11 is 0. The number of benzene rings is 1. The van der Waals surface area contributed by atoms with Gasteiger partial charge in [0.2, 0.25) is 0 Å². The molecule has 0 aliphatic carbocycles. The molecule has 0 fully saturated rings. The molecule has 18 heavy (non-hydrogen) atoms. The van der Waals surface area contributed by atoms with Crippen LogP contribution in [0.4, 0.5) is 0 Å². The summed E-state index contributed by atoms with van der Waals surface area (Å²) < 4.78 is 1.67. The van der Waals surface area contributed by atoms with Gasteiger partial charge in [0.15, 0.2) is 5.78 Å². The molecule has 3 aromatic rings. The fourth-order valence-electron chi connectivity index (χ4n) is 1.83. The predicted octanol–water partition coefficient (Wildman–Crippen LogP) is 1.99. The number of hydrogen-bond donors (Lipinski definition) is 0. The van der Waals surface area contributed by atoms with E-state index in [0.29, 0.717) is 11.3 Å². The molecule has 2 aromatic heterocycles. The average Bonchev–Trinajstić information content (AvgIpc) is 2.87. The molecule has 3 rings (SSSR count). The number of nitrogens with zero attached hydrogens (tertiary/aromatic N) is 4. The molecule has 0 radical (unpaired) electrons. The molecule has 5 nitrogen and oxygen atoms in total. The molecule has 2 heterocycles. The highest BCUT2D eigenvalue weighted by molar-refractivity contribution is 5.94. The van der Waals surface area contributed by atoms with Crippen LogP contribution in [0, 0.1) is 0 Å². The lowest BCUT2D eigenvalue weighted by atomic mass is 10.1. The van der Waals surface area contributed by atoms with E-state index in [-0.39, 0.29) is 5.78 Å². The number of fused-ring (bicyclic) bond motifs is 1. The number of carbonyl (C=O) groups is 1. The topological polar surface area (TPSA) is 60.2 Å². The Morgan fingerprint density at radius 3 is 2.61 bits per heavy atom. The lowest BCUT2D eigenvalue weighted by Crippen LogP contribution is -1.96. The molecule has 1 aromatic carbocycles. The fourth-order valence-corrected chi connectivity index (χ4v) is 1.83. The van der Waals surface area contributed by atoms with Gasteiger partial charge in [0, 0.05) is 17.3 Å². The molecule has 0 amide bonds. The van der Waals surface area contributed by atoms with Crippen molar-refractivity contribution in [2.24, 2.45) is 0 Å². The van der Waals surface area contributed by atoms with E-state index in [9.17, 15) is 4.79 Å². The van der Waals surface area contributed by atoms with Crippen LogP contribution in [0.2, 0.25) is 0 Å². The number of aromatic nitrogens is 4. The van der Waals surface area contributed by atoms with Crippen molar-refractivity contribution >= 4 is 11.6 Å². The third-order valence-corrected chi connectivity index (χ3v) is 2.77. The van der Waals surface area contributed by atoms with Crippen LogP contribution < -0.4 is 0 Å². The van der Waals surface area contributed by atoms with E-state index in [1.807, 2.05) is 18.2 Å². The lowest BCUT2D eigenvalue weighted by molar-refractivity contribution is 0.101. The van der Waals surface area contributed by atoms with E-state index in [1.165, 1.54) is 6.33 Å². The van der Waals surface area contributed by atoms with E-state index in [1.54, 1.807) is 29.8 Å². The highest BCUT2D eigenvalue weighted by Crippen LogP contribution is 2.19. The molecule has 0 atom stereocenters. The molecular formula is C13H10N4O. The number of hydrogen-bond acceptors (Lipinski definition) is 4. The van der Waals surface area contributed by atoms with Crippen molar-refractivity contribution in [2.75, 3.05) is 0 Å². The normalized spacial score (nSPS) is 10.7. The van der Waals surface area contributed by atoms with Crippen molar-refractivity contribution in [1.29, 1.82) is 0 Å². The molecule has 0 aliphatic rings. The third-order valence-electron chi connectivity index (χ3n) is 2.77. The summed E-state index contributed by atoms with van der Waals surface area (Å²) in [6, 6.07) is 9.27. The molecule has 0 spiro atoms. The Bertz CT molecular complexity index is 715. The van der Waals surface area contributed by atoms with Crippen LogP contribution in [0.3, 0.4) is 0 Å². The average molecular weight is 238 g/mol. The zero-order valence-corrected chi connectivity index (χ0v) is 9.74. The number of rotatable bonds is 2. The standard InChI is InChI=1S/C13H10N4O/c1-9(18)10-2-4-11(5-3-10)12-6-7-14-13-15-8-16-17(12)13/h2-8H,1H3. The SMILES string of the molecule is CC(=O)c1ccc(-c2ccnc3ncnn23)cc1. The van der Waals surface area contributed by atoms with Crippen LogP contribution in [-0.2, 0) is 0 Å². The van der Waals surface area contributed by atoms with Crippen LogP contribution in [0.5, 0.6) is 0 Å². The van der Waals surface area contributed by atoms with Gasteiger partial charge in [-0.25, -0.2) is 4.98 Å². The minimum absolute atomic E-state index is 0.0576. The monoisotopic (exact) mass is 238 g/mol. The summed E-state index contributed by atoms with van der Waals surface area (Å²) in [4.78, 5) is 19.4. The molecule has 0 aliphatic heterocycles. The molecule has 0 saturated heterocycles. The summed E-state index contributed by atoms with van der Waals surface area (Å²) in [5, 5.41) is 4.13. The zero-order chi connectivity index (χ0) is 12.5. The largest absolute Gasteiger partial charge is 0.295 e. The Morgan fingerprint density at radius 2 is 1.89 bits per heavy atom. The predicted molar refractivity (Wildman–Crippen MR) is 66.2 cm³/mol. The Hall–Kier alpha value is -2.56. The maximum absolute atomic E-state index is 11.2. The number of carbonyl (C=O) groups excluding carboxylic acids is 1. The quantitative estimate of drug-likeness (QED) is 0.640. The Morgan fingerprint density at radius 1 is 1.11 bits per heavy atom. The smallest absolute Gasteiger partial charge is 0.252 e. The van der Waals surface area contributed by atoms with Crippen molar-refractivity contribution < 1.29 is 4.79 Å². The molecular weight excluding hydrogens is 228 g/mol. The van der Waals surface area contributed by atoms with Crippen molar-refractivity contribution in [3.05, 3.63) is 48.4 Å². The van der Waals surface area contributed by atoms with Gasteiger partial charge in [0.05, 0.1) is 5.69 Å². The van der Waals surface area contributed by atoms with Crippen LogP contribution >= 0.6 is 0 Å². The van der Waals surface area contributed by atoms with Gasteiger partial charge >= 0.3 is 0 Å². The van der Waals surface area contributed by atoms with Crippen LogP contribution in [0.15, 0.2) is 42.9 Å². The Kier molecular flexibility index (Phi) is 2.37. The van der Waals surface area contributed by atoms with Gasteiger partial charge in [-0.05, 0) is 13.0 Å². The van der Waals surface area contributed by atoms with Gasteiger partial charge in [0.25, 0.3) is 5.78 Å². The fraction of sp³-hybridized carbons (Fsp3) is 0.0769. The maximum atomic E-state index is 11.2. The second kappa shape index (κ2) is 4.03. The minimum Gasteiger partial charge on any atom is -0.295 e. The first kappa shape index (κ1) is 10.6. The van der Waals surface area contributed by atoms with E-state index in [0.717, 1.165) is 11.3 Å². The zero-order valence-electron chi connectivity index (χ0n) is 9.74. The van der Waals surface area contributed by atoms with Crippen molar-refractivity contribution in [2.45, 2.75) is 6.92 Å². The molecule has 5 heteroatoms. The van der Waals surface area contributed by atoms with E-state index >= 15 is 0 Å². The first-order valence-electron chi connectivity index (χ1n) is 5.52. The highest BCUT2D eigenvalue weighted by atomic mass is 16.1. The van der Waals surface area contributed by atoms with Crippen LogP contribution in [0.1, 0.15) is 17.3 Å². The first-order valence-corrected chi connectivity index (χ1v) is 5.52. The highest BCUT2D eigenvalue weighted by Gasteiger charge is 2.06. The van der Waals surface area contributed by atoms with Gasteiger partial charge in [-0.15, -0.1) is 0 Å². The molecule has 0 bridgehead atoms. The summed E-state index contributed by atoms with van der Waals surface area (Å²) in [5.41, 5.74) is 2.56. The summed E-state index contributed by atoms with van der Waals surface area (Å²) in [7, 11) is 0. The van der Waals surface area contributed by atoms with Crippen molar-refractivity contribution in [1.82, 2.24) is 19.6 Å². The summed E-state index contributed by atoms with van der Waals surface area (Å²) in [6.45, 7) is 1.55. The molecule has 0 unspecified atom stereocenters. The Labute approximate surface area is 103 Å². The number of Topliss-reactive ketones (excluding diaryl/α,β-unsaturated/α-hetero) is 1. The molecule has 88 valence electrons. The summed E-state index contributed by atoms with van der Waals surface area (Å²) in [6.07, 6.45) is 3.16.